The molecule has 194 valence electrons. The van der Waals surface area contributed by atoms with Crippen molar-refractivity contribution in [2.45, 2.75) is 25.9 Å². The summed E-state index contributed by atoms with van der Waals surface area (Å²) in [6.07, 6.45) is 2.25. The summed E-state index contributed by atoms with van der Waals surface area (Å²) < 4.78 is 29.2. The second-order valence-electron chi connectivity index (χ2n) is 8.57. The maximum absolute atomic E-state index is 12.4. The van der Waals surface area contributed by atoms with Gasteiger partial charge in [-0.15, -0.1) is 0 Å². The van der Waals surface area contributed by atoms with Crippen LogP contribution in [0, 0.1) is 0 Å². The lowest BCUT2D eigenvalue weighted by atomic mass is 10.1. The lowest BCUT2D eigenvalue weighted by Gasteiger charge is -2.13. The number of benzene rings is 3. The van der Waals surface area contributed by atoms with Crippen molar-refractivity contribution in [1.82, 2.24) is 5.32 Å². The number of hydrogen-bond acceptors (Lipinski definition) is 6. The minimum absolute atomic E-state index is 0.172. The maximum Gasteiger partial charge on any atom is 0.236 e. The maximum atomic E-state index is 12.4. The zero-order valence-electron chi connectivity index (χ0n) is 20.6. The third kappa shape index (κ3) is 11.3. The van der Waals surface area contributed by atoms with Gasteiger partial charge in [0.2, 0.25) is 7.37 Å². The predicted molar refractivity (Wildman–Crippen MR) is 142 cm³/mol. The van der Waals surface area contributed by atoms with Gasteiger partial charge >= 0.3 is 0 Å². The molecule has 0 aromatic heterocycles. The van der Waals surface area contributed by atoms with Crippen LogP contribution in [0.3, 0.4) is 0 Å². The summed E-state index contributed by atoms with van der Waals surface area (Å²) in [4.78, 5) is 10.2. The monoisotopic (exact) mass is 513 g/mol. The van der Waals surface area contributed by atoms with Crippen LogP contribution < -0.4 is 14.8 Å². The fourth-order valence-electron chi connectivity index (χ4n) is 3.46. The highest BCUT2D eigenvalue weighted by Gasteiger charge is 2.18. The van der Waals surface area contributed by atoms with Crippen LogP contribution in [-0.4, -0.2) is 48.8 Å². The van der Waals surface area contributed by atoms with Crippen molar-refractivity contribution in [3.8, 4) is 17.2 Å². The second-order valence-corrected chi connectivity index (χ2v) is 11.0. The van der Waals surface area contributed by atoms with E-state index in [0.29, 0.717) is 32.0 Å². The summed E-state index contributed by atoms with van der Waals surface area (Å²) in [5.41, 5.74) is 2.25. The van der Waals surface area contributed by atoms with Gasteiger partial charge in [-0.3, -0.25) is 4.57 Å². The quantitative estimate of drug-likeness (QED) is 0.168. The molecule has 0 aliphatic heterocycles. The van der Waals surface area contributed by atoms with Gasteiger partial charge in [0.05, 0.1) is 13.2 Å². The number of phenolic OH excluding ortho intramolecular Hbond substituents is 1. The summed E-state index contributed by atoms with van der Waals surface area (Å²) in [6, 6.07) is 24.2. The first-order valence-electron chi connectivity index (χ1n) is 12.3. The zero-order valence-corrected chi connectivity index (χ0v) is 21.4. The molecule has 3 aromatic rings. The van der Waals surface area contributed by atoms with Crippen molar-refractivity contribution in [2.24, 2.45) is 0 Å². The molecule has 0 bridgehead atoms. The van der Waals surface area contributed by atoms with Crippen LogP contribution in [0.1, 0.15) is 24.0 Å². The average molecular weight is 514 g/mol. The molecular formula is C28H36NO6P. The molecule has 1 unspecified atom stereocenters. The molecule has 0 spiro atoms. The first kappa shape index (κ1) is 27.8. The molecule has 1 atom stereocenters. The predicted octanol–water partition coefficient (Wildman–Crippen LogP) is 5.21. The Balaban J connectivity index is 1.22. The summed E-state index contributed by atoms with van der Waals surface area (Å²) in [7, 11) is -3.37. The van der Waals surface area contributed by atoms with E-state index in [9.17, 15) is 14.6 Å². The van der Waals surface area contributed by atoms with Gasteiger partial charge in [0.15, 0.2) is 6.35 Å². The topological polar surface area (TPSA) is 97.3 Å². The van der Waals surface area contributed by atoms with Crippen LogP contribution in [0.15, 0.2) is 78.9 Å². The zero-order chi connectivity index (χ0) is 25.5. The number of nitrogens with one attached hydrogen (secondary N) is 1. The van der Waals surface area contributed by atoms with Crippen LogP contribution >= 0.6 is 7.37 Å². The van der Waals surface area contributed by atoms with E-state index < -0.39 is 7.37 Å². The molecule has 0 amide bonds. The summed E-state index contributed by atoms with van der Waals surface area (Å²) >= 11 is 0. The van der Waals surface area contributed by atoms with E-state index in [0.717, 1.165) is 42.8 Å². The lowest BCUT2D eigenvalue weighted by Crippen LogP contribution is -2.20. The number of ether oxygens (including phenoxy) is 3. The van der Waals surface area contributed by atoms with Gasteiger partial charge in [0.1, 0.15) is 17.2 Å². The number of aromatic hydroxyl groups is 1. The van der Waals surface area contributed by atoms with E-state index in [1.165, 1.54) is 0 Å². The smallest absolute Gasteiger partial charge is 0.236 e. The molecule has 0 fully saturated rings. The third-order valence-electron chi connectivity index (χ3n) is 5.46. The second kappa shape index (κ2) is 15.3. The van der Waals surface area contributed by atoms with Crippen LogP contribution in [-0.2, 0) is 22.3 Å². The fourth-order valence-corrected chi connectivity index (χ4v) is 4.56. The van der Waals surface area contributed by atoms with Gasteiger partial charge < -0.3 is 29.5 Å². The lowest BCUT2D eigenvalue weighted by molar-refractivity contribution is 0.121. The Bertz CT molecular complexity index is 1040. The largest absolute Gasteiger partial charge is 0.508 e. The summed E-state index contributed by atoms with van der Waals surface area (Å²) in [5.74, 6) is 1.57. The highest BCUT2D eigenvalue weighted by atomic mass is 31.2. The van der Waals surface area contributed by atoms with Gasteiger partial charge in [0.25, 0.3) is 0 Å². The molecule has 0 heterocycles. The summed E-state index contributed by atoms with van der Waals surface area (Å²) in [5, 5.41) is 12.7. The molecular weight excluding hydrogens is 477 g/mol. The van der Waals surface area contributed by atoms with E-state index in [4.69, 9.17) is 14.2 Å². The van der Waals surface area contributed by atoms with Crippen LogP contribution in [0.4, 0.5) is 0 Å². The minimum Gasteiger partial charge on any atom is -0.508 e. The van der Waals surface area contributed by atoms with Crippen molar-refractivity contribution in [2.75, 3.05) is 38.8 Å². The first-order valence-corrected chi connectivity index (χ1v) is 14.3. The van der Waals surface area contributed by atoms with Crippen LogP contribution in [0.5, 0.6) is 17.2 Å². The normalized spacial score (nSPS) is 12.7. The number of phenols is 1. The molecule has 3 rings (SSSR count). The van der Waals surface area contributed by atoms with E-state index in [1.807, 2.05) is 54.6 Å². The highest BCUT2D eigenvalue weighted by molar-refractivity contribution is 7.57. The Morgan fingerprint density at radius 2 is 1.44 bits per heavy atom. The molecule has 0 saturated carbocycles. The minimum atomic E-state index is -3.37. The molecule has 0 saturated heterocycles. The molecule has 7 nitrogen and oxygen atoms in total. The Kier molecular flexibility index (Phi) is 11.8. The Labute approximate surface area is 213 Å². The Morgan fingerprint density at radius 3 is 2.19 bits per heavy atom. The van der Waals surface area contributed by atoms with Gasteiger partial charge in [-0.25, -0.2) is 0 Å². The van der Waals surface area contributed by atoms with Crippen LogP contribution in [0.2, 0.25) is 0 Å². The van der Waals surface area contributed by atoms with Crippen molar-refractivity contribution in [3.63, 3.8) is 0 Å². The van der Waals surface area contributed by atoms with Gasteiger partial charge in [-0.05, 0) is 79.9 Å². The average Bonchev–Trinajstić information content (AvgIpc) is 2.89. The first-order chi connectivity index (χ1) is 17.5. The molecule has 8 heteroatoms. The molecule has 3 N–H and O–H groups in total. The van der Waals surface area contributed by atoms with Crippen molar-refractivity contribution >= 4 is 7.37 Å². The van der Waals surface area contributed by atoms with E-state index in [2.05, 4.69) is 5.32 Å². The Hall–Kier alpha value is -2.83. The fraction of sp³-hybridized carbons (Fsp3) is 0.357. The van der Waals surface area contributed by atoms with Gasteiger partial charge in [-0.2, -0.15) is 0 Å². The Morgan fingerprint density at radius 1 is 0.750 bits per heavy atom. The molecule has 0 aliphatic rings. The van der Waals surface area contributed by atoms with Gasteiger partial charge in [-0.1, -0.05) is 42.5 Å². The molecule has 3 aromatic carbocycles. The molecule has 0 radical (unpaired) electrons. The van der Waals surface area contributed by atoms with E-state index >= 15 is 0 Å². The van der Waals surface area contributed by atoms with Gasteiger partial charge in [0, 0.05) is 12.8 Å². The van der Waals surface area contributed by atoms with E-state index in [1.54, 1.807) is 24.3 Å². The number of hydrogen-bond donors (Lipinski definition) is 3. The third-order valence-corrected chi connectivity index (χ3v) is 7.01. The van der Waals surface area contributed by atoms with Crippen LogP contribution in [0.25, 0.3) is 0 Å². The van der Waals surface area contributed by atoms with E-state index in [-0.39, 0.29) is 18.3 Å². The number of rotatable bonds is 17. The molecule has 36 heavy (non-hydrogen) atoms. The van der Waals surface area contributed by atoms with Crippen molar-refractivity contribution in [1.29, 1.82) is 0 Å². The summed E-state index contributed by atoms with van der Waals surface area (Å²) in [6.45, 7) is 3.25. The van der Waals surface area contributed by atoms with Crippen molar-refractivity contribution < 1.29 is 28.8 Å². The highest BCUT2D eigenvalue weighted by Crippen LogP contribution is 2.41. The molecule has 0 aliphatic carbocycles. The SMILES string of the molecule is O=P(O)(CCCOCc1ccccc1)COc1ccc(CCNCCCOc2ccc(O)cc2)cc1. The standard InChI is InChI=1S/C28H36NO6P/c30-26-10-14-27(15-11-26)34-20-4-17-29-18-16-24-8-12-28(13-9-24)35-23-36(31,32)21-5-19-33-22-25-6-2-1-3-7-25/h1-3,6-15,29-30H,4-5,16-23H2,(H,31,32). The van der Waals surface area contributed by atoms with Crippen molar-refractivity contribution in [3.05, 3.63) is 90.0 Å².